The van der Waals surface area contributed by atoms with Gasteiger partial charge >= 0.3 is 0 Å². The quantitative estimate of drug-likeness (QED) is 0.884. The normalized spacial score (nSPS) is 14.4. The van der Waals surface area contributed by atoms with Gasteiger partial charge in [-0.1, -0.05) is 18.0 Å². The maximum absolute atomic E-state index is 10.5. The first-order chi connectivity index (χ1) is 9.79. The lowest BCUT2D eigenvalue weighted by molar-refractivity contribution is -0.105. The highest BCUT2D eigenvalue weighted by atomic mass is 35.5. The van der Waals surface area contributed by atoms with Crippen molar-refractivity contribution in [3.63, 3.8) is 0 Å². The molecule has 0 aliphatic carbocycles. The molecule has 0 aromatic carbocycles. The predicted molar refractivity (Wildman–Crippen MR) is 77.7 cm³/mol. The molecule has 1 amide bonds. The van der Waals surface area contributed by atoms with E-state index in [2.05, 4.69) is 20.1 Å². The second kappa shape index (κ2) is 5.63. The van der Waals surface area contributed by atoms with Crippen LogP contribution in [-0.2, 0) is 17.8 Å². The Morgan fingerprint density at radius 3 is 3.00 bits per heavy atom. The van der Waals surface area contributed by atoms with E-state index in [4.69, 9.17) is 11.6 Å². The fourth-order valence-electron chi connectivity index (χ4n) is 2.61. The second-order valence-corrected chi connectivity index (χ2v) is 5.26. The van der Waals surface area contributed by atoms with Crippen LogP contribution >= 0.6 is 11.6 Å². The zero-order chi connectivity index (χ0) is 13.9. The summed E-state index contributed by atoms with van der Waals surface area (Å²) in [6, 6.07) is 1.79. The summed E-state index contributed by atoms with van der Waals surface area (Å²) in [5, 5.41) is 7.58. The molecule has 5 nitrogen and oxygen atoms in total. The molecule has 1 N–H and O–H groups in total. The minimum atomic E-state index is 0.493. The van der Waals surface area contributed by atoms with Gasteiger partial charge in [0.25, 0.3) is 0 Å². The van der Waals surface area contributed by atoms with Gasteiger partial charge in [0, 0.05) is 29.6 Å². The van der Waals surface area contributed by atoms with Crippen LogP contribution in [0.3, 0.4) is 0 Å². The molecule has 1 aliphatic heterocycles. The van der Waals surface area contributed by atoms with Gasteiger partial charge < -0.3 is 5.32 Å². The summed E-state index contributed by atoms with van der Waals surface area (Å²) in [6.45, 7) is 0.956. The van der Waals surface area contributed by atoms with Crippen LogP contribution in [0.5, 0.6) is 0 Å². The van der Waals surface area contributed by atoms with E-state index in [-0.39, 0.29) is 0 Å². The number of hydrogen-bond acceptors (Lipinski definition) is 3. The molecule has 0 radical (unpaired) electrons. The molecule has 3 heterocycles. The summed E-state index contributed by atoms with van der Waals surface area (Å²) >= 11 is 6.26. The molecule has 20 heavy (non-hydrogen) atoms. The standard InChI is InChI=1S/C14H15ClN4O/c15-12-8-16-14(17-9-20)6-10(12)11-7-18-19-5-3-1-2-4-13(11)19/h6-9H,1-5H2,(H,16,17,20). The molecule has 0 saturated heterocycles. The Labute approximate surface area is 122 Å². The molecule has 0 unspecified atom stereocenters. The van der Waals surface area contributed by atoms with E-state index < -0.39 is 0 Å². The lowest BCUT2D eigenvalue weighted by Gasteiger charge is -2.08. The molecule has 1 aliphatic rings. The van der Waals surface area contributed by atoms with Gasteiger partial charge in [-0.2, -0.15) is 5.10 Å². The van der Waals surface area contributed by atoms with Crippen LogP contribution in [0, 0.1) is 0 Å². The van der Waals surface area contributed by atoms with Gasteiger partial charge in [-0.25, -0.2) is 4.98 Å². The minimum Gasteiger partial charge on any atom is -0.313 e. The zero-order valence-corrected chi connectivity index (χ0v) is 11.7. The molecule has 0 fully saturated rings. The lowest BCUT2D eigenvalue weighted by Crippen LogP contribution is -2.02. The van der Waals surface area contributed by atoms with Crippen molar-refractivity contribution in [1.29, 1.82) is 0 Å². The summed E-state index contributed by atoms with van der Waals surface area (Å²) < 4.78 is 2.06. The third-order valence-electron chi connectivity index (χ3n) is 3.58. The Morgan fingerprint density at radius 2 is 2.15 bits per heavy atom. The van der Waals surface area contributed by atoms with Crippen LogP contribution in [0.15, 0.2) is 18.5 Å². The van der Waals surface area contributed by atoms with E-state index in [0.29, 0.717) is 17.3 Å². The third-order valence-corrected chi connectivity index (χ3v) is 3.89. The minimum absolute atomic E-state index is 0.493. The maximum atomic E-state index is 10.5. The van der Waals surface area contributed by atoms with Crippen molar-refractivity contribution >= 4 is 23.8 Å². The molecular weight excluding hydrogens is 276 g/mol. The zero-order valence-electron chi connectivity index (χ0n) is 11.0. The van der Waals surface area contributed by atoms with E-state index >= 15 is 0 Å². The van der Waals surface area contributed by atoms with Crippen LogP contribution in [0.2, 0.25) is 5.02 Å². The van der Waals surface area contributed by atoms with Crippen molar-refractivity contribution in [2.24, 2.45) is 0 Å². The number of pyridine rings is 1. The van der Waals surface area contributed by atoms with E-state index in [0.717, 1.165) is 30.5 Å². The second-order valence-electron chi connectivity index (χ2n) is 4.85. The topological polar surface area (TPSA) is 59.8 Å². The number of hydrogen-bond donors (Lipinski definition) is 1. The highest BCUT2D eigenvalue weighted by Crippen LogP contribution is 2.33. The van der Waals surface area contributed by atoms with Crippen LogP contribution in [0.4, 0.5) is 5.82 Å². The fraction of sp³-hybridized carbons (Fsp3) is 0.357. The van der Waals surface area contributed by atoms with Crippen LogP contribution < -0.4 is 5.32 Å². The Balaban J connectivity index is 2.06. The number of halogens is 1. The summed E-state index contributed by atoms with van der Waals surface area (Å²) in [7, 11) is 0. The number of fused-ring (bicyclic) bond motifs is 1. The van der Waals surface area contributed by atoms with Crippen LogP contribution in [0.25, 0.3) is 11.1 Å². The van der Waals surface area contributed by atoms with Gasteiger partial charge in [0.15, 0.2) is 0 Å². The van der Waals surface area contributed by atoms with Gasteiger partial charge in [0.05, 0.1) is 11.2 Å². The number of nitrogens with zero attached hydrogens (tertiary/aromatic N) is 3. The molecule has 0 saturated carbocycles. The number of carbonyl (C=O) groups is 1. The van der Waals surface area contributed by atoms with Crippen molar-refractivity contribution < 1.29 is 4.79 Å². The van der Waals surface area contributed by atoms with Crippen molar-refractivity contribution in [2.75, 3.05) is 5.32 Å². The van der Waals surface area contributed by atoms with Gasteiger partial charge in [0.2, 0.25) is 6.41 Å². The number of carbonyl (C=O) groups excluding carboxylic acids is 1. The highest BCUT2D eigenvalue weighted by Gasteiger charge is 2.17. The fourth-order valence-corrected chi connectivity index (χ4v) is 2.81. The van der Waals surface area contributed by atoms with E-state index in [1.54, 1.807) is 12.3 Å². The molecule has 2 aromatic heterocycles. The first-order valence-electron chi connectivity index (χ1n) is 6.70. The summed E-state index contributed by atoms with van der Waals surface area (Å²) in [4.78, 5) is 14.6. The number of aryl methyl sites for hydroxylation is 1. The van der Waals surface area contributed by atoms with Crippen LogP contribution in [-0.4, -0.2) is 21.2 Å². The summed E-state index contributed by atoms with van der Waals surface area (Å²) in [5.41, 5.74) is 3.12. The van der Waals surface area contributed by atoms with E-state index in [9.17, 15) is 4.79 Å². The SMILES string of the molecule is O=CNc1cc(-c2cnn3c2CCCCC3)c(Cl)cn1. The van der Waals surface area contributed by atoms with Crippen molar-refractivity contribution in [3.8, 4) is 11.1 Å². The van der Waals surface area contributed by atoms with Gasteiger partial charge in [0.1, 0.15) is 5.82 Å². The highest BCUT2D eigenvalue weighted by molar-refractivity contribution is 6.33. The average Bonchev–Trinajstić information content (AvgIpc) is 2.70. The summed E-state index contributed by atoms with van der Waals surface area (Å²) in [5.74, 6) is 0.493. The van der Waals surface area contributed by atoms with Crippen LogP contribution in [0.1, 0.15) is 25.0 Å². The lowest BCUT2D eigenvalue weighted by atomic mass is 10.0. The Morgan fingerprint density at radius 1 is 1.25 bits per heavy atom. The number of anilines is 1. The number of rotatable bonds is 3. The van der Waals surface area contributed by atoms with Gasteiger partial charge in [-0.3, -0.25) is 9.48 Å². The average molecular weight is 291 g/mol. The van der Waals surface area contributed by atoms with Gasteiger partial charge in [-0.15, -0.1) is 0 Å². The predicted octanol–water partition coefficient (Wildman–Crippen LogP) is 2.89. The number of aromatic nitrogens is 3. The molecule has 0 bridgehead atoms. The monoisotopic (exact) mass is 290 g/mol. The van der Waals surface area contributed by atoms with Gasteiger partial charge in [-0.05, 0) is 25.3 Å². The van der Waals surface area contributed by atoms with E-state index in [1.807, 2.05) is 6.20 Å². The maximum Gasteiger partial charge on any atom is 0.212 e. The molecule has 3 rings (SSSR count). The first kappa shape index (κ1) is 13.1. The molecule has 0 spiro atoms. The molecule has 104 valence electrons. The first-order valence-corrected chi connectivity index (χ1v) is 7.08. The van der Waals surface area contributed by atoms with Crippen molar-refractivity contribution in [1.82, 2.24) is 14.8 Å². The summed E-state index contributed by atoms with van der Waals surface area (Å²) in [6.07, 6.45) is 8.58. The molecule has 6 heteroatoms. The van der Waals surface area contributed by atoms with Crippen molar-refractivity contribution in [2.45, 2.75) is 32.2 Å². The smallest absolute Gasteiger partial charge is 0.212 e. The Hall–Kier alpha value is -1.88. The Bertz CT molecular complexity index is 638. The number of nitrogens with one attached hydrogen (secondary N) is 1. The Kier molecular flexibility index (Phi) is 3.69. The van der Waals surface area contributed by atoms with E-state index in [1.165, 1.54) is 18.5 Å². The molecule has 0 atom stereocenters. The largest absolute Gasteiger partial charge is 0.313 e. The number of amides is 1. The van der Waals surface area contributed by atoms with Crippen molar-refractivity contribution in [3.05, 3.63) is 29.2 Å². The molecule has 2 aromatic rings. The molecular formula is C14H15ClN4O. The third kappa shape index (κ3) is 2.41.